The van der Waals surface area contributed by atoms with Gasteiger partial charge in [-0.05, 0) is 25.0 Å². The first kappa shape index (κ1) is 16.3. The number of carbonyl (C=O) groups excluding carboxylic acids is 2. The number of ether oxygens (including phenoxy) is 1. The predicted octanol–water partition coefficient (Wildman–Crippen LogP) is 0.223. The molecule has 2 aromatic rings. The standard InChI is InChI=1S/C16H21N5O3/c1-20-14(21-6-2-3-7-21)12(10-19-20)13(22)18-11-16(15(17)23)4-8-24-9-5-16/h2-3,6-7,10H,4-5,8-9,11H2,1H3,(H2,17,23)(H,18,22). The van der Waals surface area contributed by atoms with Crippen LogP contribution >= 0.6 is 0 Å². The van der Waals surface area contributed by atoms with Crippen LogP contribution in [-0.2, 0) is 16.6 Å². The highest BCUT2D eigenvalue weighted by molar-refractivity contribution is 5.97. The van der Waals surface area contributed by atoms with E-state index in [1.54, 1.807) is 11.7 Å². The molecule has 2 amide bonds. The molecule has 0 atom stereocenters. The van der Waals surface area contributed by atoms with Gasteiger partial charge in [-0.15, -0.1) is 0 Å². The Morgan fingerprint density at radius 1 is 1.33 bits per heavy atom. The van der Waals surface area contributed by atoms with E-state index in [0.717, 1.165) is 0 Å². The second-order valence-corrected chi connectivity index (χ2v) is 6.04. The van der Waals surface area contributed by atoms with Crippen molar-refractivity contribution in [2.75, 3.05) is 19.8 Å². The lowest BCUT2D eigenvalue weighted by molar-refractivity contribution is -0.132. The molecule has 0 radical (unpaired) electrons. The topological polar surface area (TPSA) is 104 Å². The molecule has 1 fully saturated rings. The maximum absolute atomic E-state index is 12.6. The highest BCUT2D eigenvalue weighted by Crippen LogP contribution is 2.29. The summed E-state index contributed by atoms with van der Waals surface area (Å²) in [6.45, 7) is 1.14. The number of carbonyl (C=O) groups is 2. The van der Waals surface area contributed by atoms with Crippen LogP contribution in [0.1, 0.15) is 23.2 Å². The van der Waals surface area contributed by atoms with E-state index in [1.807, 2.05) is 29.1 Å². The van der Waals surface area contributed by atoms with Gasteiger partial charge >= 0.3 is 0 Å². The highest BCUT2D eigenvalue weighted by Gasteiger charge is 2.39. The van der Waals surface area contributed by atoms with E-state index < -0.39 is 11.3 Å². The summed E-state index contributed by atoms with van der Waals surface area (Å²) in [5.41, 5.74) is 5.27. The highest BCUT2D eigenvalue weighted by atomic mass is 16.5. The van der Waals surface area contributed by atoms with E-state index in [2.05, 4.69) is 10.4 Å². The minimum absolute atomic E-state index is 0.199. The summed E-state index contributed by atoms with van der Waals surface area (Å²) >= 11 is 0. The summed E-state index contributed by atoms with van der Waals surface area (Å²) in [6.07, 6.45) is 6.24. The maximum atomic E-state index is 12.6. The molecule has 128 valence electrons. The van der Waals surface area contributed by atoms with Crippen LogP contribution in [0.25, 0.3) is 5.82 Å². The van der Waals surface area contributed by atoms with Gasteiger partial charge in [-0.25, -0.2) is 0 Å². The van der Waals surface area contributed by atoms with Gasteiger partial charge in [-0.1, -0.05) is 0 Å². The molecule has 1 aliphatic rings. The third kappa shape index (κ3) is 2.92. The average Bonchev–Trinajstić information content (AvgIpc) is 3.22. The van der Waals surface area contributed by atoms with E-state index in [9.17, 15) is 9.59 Å². The molecule has 2 aromatic heterocycles. The van der Waals surface area contributed by atoms with Crippen molar-refractivity contribution in [3.63, 3.8) is 0 Å². The molecule has 3 rings (SSSR count). The Morgan fingerprint density at radius 2 is 2.00 bits per heavy atom. The Kier molecular flexibility index (Phi) is 4.39. The average molecular weight is 331 g/mol. The number of nitrogens with zero attached hydrogens (tertiary/aromatic N) is 3. The SMILES string of the molecule is Cn1ncc(C(=O)NCC2(C(N)=O)CCOCC2)c1-n1cccc1. The van der Waals surface area contributed by atoms with Crippen LogP contribution in [0.4, 0.5) is 0 Å². The van der Waals surface area contributed by atoms with Crippen molar-refractivity contribution in [3.05, 3.63) is 36.3 Å². The molecule has 8 nitrogen and oxygen atoms in total. The predicted molar refractivity (Wildman–Crippen MR) is 86.5 cm³/mol. The van der Waals surface area contributed by atoms with Gasteiger partial charge in [0, 0.05) is 39.2 Å². The van der Waals surface area contributed by atoms with E-state index in [1.165, 1.54) is 6.20 Å². The number of aromatic nitrogens is 3. The molecule has 0 bridgehead atoms. The first-order valence-corrected chi connectivity index (χ1v) is 7.85. The monoisotopic (exact) mass is 331 g/mol. The second kappa shape index (κ2) is 6.48. The summed E-state index contributed by atoms with van der Waals surface area (Å²) in [6, 6.07) is 3.75. The van der Waals surface area contributed by atoms with Crippen LogP contribution in [0.3, 0.4) is 0 Å². The van der Waals surface area contributed by atoms with Crippen molar-refractivity contribution in [1.29, 1.82) is 0 Å². The quantitative estimate of drug-likeness (QED) is 0.818. The van der Waals surface area contributed by atoms with Gasteiger partial charge in [0.15, 0.2) is 0 Å². The molecule has 0 spiro atoms. The third-order valence-electron chi connectivity index (χ3n) is 4.56. The van der Waals surface area contributed by atoms with Crippen molar-refractivity contribution >= 4 is 11.8 Å². The van der Waals surface area contributed by atoms with Gasteiger partial charge in [0.05, 0.1) is 11.6 Å². The fourth-order valence-corrected chi connectivity index (χ4v) is 2.99. The number of hydrogen-bond acceptors (Lipinski definition) is 4. The van der Waals surface area contributed by atoms with E-state index >= 15 is 0 Å². The van der Waals surface area contributed by atoms with Crippen molar-refractivity contribution in [2.45, 2.75) is 12.8 Å². The van der Waals surface area contributed by atoms with Crippen LogP contribution < -0.4 is 11.1 Å². The fourth-order valence-electron chi connectivity index (χ4n) is 2.99. The fraction of sp³-hybridized carbons (Fsp3) is 0.438. The number of amides is 2. The zero-order chi connectivity index (χ0) is 17.2. The Balaban J connectivity index is 1.77. The van der Waals surface area contributed by atoms with Gasteiger partial charge in [-0.3, -0.25) is 14.3 Å². The zero-order valence-electron chi connectivity index (χ0n) is 13.6. The van der Waals surface area contributed by atoms with Crippen molar-refractivity contribution < 1.29 is 14.3 Å². The number of primary amides is 1. The summed E-state index contributed by atoms with van der Waals surface area (Å²) in [5.74, 6) is -0.0144. The first-order valence-electron chi connectivity index (χ1n) is 7.85. The Morgan fingerprint density at radius 3 is 2.62 bits per heavy atom. The zero-order valence-corrected chi connectivity index (χ0v) is 13.6. The van der Waals surface area contributed by atoms with Crippen molar-refractivity contribution in [2.24, 2.45) is 18.2 Å². The summed E-state index contributed by atoms with van der Waals surface area (Å²) in [4.78, 5) is 24.5. The molecular weight excluding hydrogens is 310 g/mol. The van der Waals surface area contributed by atoms with Crippen LogP contribution in [0.2, 0.25) is 0 Å². The van der Waals surface area contributed by atoms with Gasteiger partial charge in [-0.2, -0.15) is 5.10 Å². The van der Waals surface area contributed by atoms with Crippen molar-refractivity contribution in [1.82, 2.24) is 19.7 Å². The normalized spacial score (nSPS) is 16.7. The molecule has 0 unspecified atom stereocenters. The molecule has 0 saturated carbocycles. The third-order valence-corrected chi connectivity index (χ3v) is 4.56. The minimum atomic E-state index is -0.746. The molecular formula is C16H21N5O3. The first-order chi connectivity index (χ1) is 11.5. The molecule has 8 heteroatoms. The van der Waals surface area contributed by atoms with Crippen LogP contribution in [0, 0.1) is 5.41 Å². The number of rotatable bonds is 5. The maximum Gasteiger partial charge on any atom is 0.256 e. The molecule has 24 heavy (non-hydrogen) atoms. The number of nitrogens with one attached hydrogen (secondary N) is 1. The van der Waals surface area contributed by atoms with Gasteiger partial charge in [0.25, 0.3) is 5.91 Å². The van der Waals surface area contributed by atoms with Crippen LogP contribution in [0.5, 0.6) is 0 Å². The van der Waals surface area contributed by atoms with E-state index in [0.29, 0.717) is 37.4 Å². The van der Waals surface area contributed by atoms with Crippen LogP contribution in [-0.4, -0.2) is 45.9 Å². The number of aryl methyl sites for hydroxylation is 1. The number of hydrogen-bond donors (Lipinski definition) is 2. The molecule has 1 aliphatic heterocycles. The van der Waals surface area contributed by atoms with Crippen molar-refractivity contribution in [3.8, 4) is 5.82 Å². The molecule has 3 N–H and O–H groups in total. The lowest BCUT2D eigenvalue weighted by Crippen LogP contribution is -2.49. The molecule has 1 saturated heterocycles. The Bertz CT molecular complexity index is 729. The lowest BCUT2D eigenvalue weighted by Gasteiger charge is -2.34. The molecule has 3 heterocycles. The molecule has 0 aromatic carbocycles. The summed E-state index contributed by atoms with van der Waals surface area (Å²) in [7, 11) is 1.77. The van der Waals surface area contributed by atoms with E-state index in [-0.39, 0.29) is 12.5 Å². The summed E-state index contributed by atoms with van der Waals surface area (Å²) < 4.78 is 8.75. The Hall–Kier alpha value is -2.61. The number of nitrogens with two attached hydrogens (primary N) is 1. The second-order valence-electron chi connectivity index (χ2n) is 6.04. The lowest BCUT2D eigenvalue weighted by atomic mass is 9.79. The van der Waals surface area contributed by atoms with E-state index in [4.69, 9.17) is 10.5 Å². The van der Waals surface area contributed by atoms with Gasteiger partial charge in [0.1, 0.15) is 11.4 Å². The van der Waals surface area contributed by atoms with Gasteiger partial charge in [0.2, 0.25) is 5.91 Å². The largest absolute Gasteiger partial charge is 0.381 e. The molecule has 0 aliphatic carbocycles. The minimum Gasteiger partial charge on any atom is -0.381 e. The Labute approximate surface area is 139 Å². The van der Waals surface area contributed by atoms with Crippen LogP contribution in [0.15, 0.2) is 30.7 Å². The van der Waals surface area contributed by atoms with Gasteiger partial charge < -0.3 is 20.4 Å². The summed E-state index contributed by atoms with van der Waals surface area (Å²) in [5, 5.41) is 7.01. The smallest absolute Gasteiger partial charge is 0.256 e.